The molecule has 0 heterocycles. The number of rotatable bonds is 12. The molecule has 0 unspecified atom stereocenters. The van der Waals surface area contributed by atoms with E-state index in [2.05, 4.69) is 95.2 Å². The van der Waals surface area contributed by atoms with Gasteiger partial charge in [0.1, 0.15) is 40.9 Å². The molecule has 2 aliphatic rings. The second-order valence-electron chi connectivity index (χ2n) is 28.3. The first-order valence-corrected chi connectivity index (χ1v) is 28.5. The van der Waals surface area contributed by atoms with Crippen molar-refractivity contribution in [3.63, 3.8) is 0 Å². The van der Waals surface area contributed by atoms with E-state index in [-0.39, 0.29) is 80.3 Å². The molecule has 79 heavy (non-hydrogen) atoms. The van der Waals surface area contributed by atoms with Crippen LogP contribution < -0.4 is 9.47 Å². The lowest BCUT2D eigenvalue weighted by Gasteiger charge is -2.28. The predicted octanol–water partition coefficient (Wildman–Crippen LogP) is 14.9. The Kier molecular flexibility index (Phi) is 18.7. The summed E-state index contributed by atoms with van der Waals surface area (Å²) in [6, 6.07) is 13.8. The first-order chi connectivity index (χ1) is 36.4. The molecule has 0 radical (unpaired) electrons. The van der Waals surface area contributed by atoms with Crippen molar-refractivity contribution in [2.75, 3.05) is 0 Å². The smallest absolute Gasteiger partial charge is 0.322 e. The van der Waals surface area contributed by atoms with Crippen LogP contribution in [0.2, 0.25) is 0 Å². The molecular formula is C67H92N4O8. The molecule has 0 aliphatic heterocycles. The van der Waals surface area contributed by atoms with E-state index in [9.17, 15) is 30.0 Å². The van der Waals surface area contributed by atoms with Gasteiger partial charge < -0.3 is 29.9 Å². The third-order valence-electron chi connectivity index (χ3n) is 15.2. The highest BCUT2D eigenvalue weighted by molar-refractivity contribution is 5.94. The number of ether oxygens (including phenoxy) is 2. The first-order valence-electron chi connectivity index (χ1n) is 28.5. The molecule has 2 aliphatic carbocycles. The minimum atomic E-state index is -0.859. The van der Waals surface area contributed by atoms with Crippen LogP contribution in [0.15, 0.2) is 68.5 Å². The second kappa shape index (κ2) is 23.8. The Morgan fingerprint density at radius 1 is 0.392 bits per heavy atom. The minimum absolute atomic E-state index is 0.00916. The Labute approximate surface area is 472 Å². The van der Waals surface area contributed by atoms with Gasteiger partial charge in [0.2, 0.25) is 0 Å². The molecule has 0 bridgehead atoms. The highest BCUT2D eigenvalue weighted by atomic mass is 16.6. The lowest BCUT2D eigenvalue weighted by molar-refractivity contribution is -0.144. The quantitative estimate of drug-likeness (QED) is 0.0468. The lowest BCUT2D eigenvalue weighted by Crippen LogP contribution is -2.27. The number of phenolic OH excluding ortho intramolecular Hbond substituents is 4. The Balaban J connectivity index is 1.20. The highest BCUT2D eigenvalue weighted by Gasteiger charge is 2.31. The van der Waals surface area contributed by atoms with E-state index < -0.39 is 29.2 Å². The van der Waals surface area contributed by atoms with E-state index in [4.69, 9.17) is 29.4 Å². The van der Waals surface area contributed by atoms with Crippen molar-refractivity contribution in [3.8, 4) is 34.5 Å². The van der Waals surface area contributed by atoms with E-state index in [1.165, 1.54) is 0 Å². The van der Waals surface area contributed by atoms with Gasteiger partial charge in [0.05, 0.1) is 24.2 Å². The van der Waals surface area contributed by atoms with Gasteiger partial charge in [0.15, 0.2) is 0 Å². The lowest BCUT2D eigenvalue weighted by atomic mass is 9.79. The fourth-order valence-electron chi connectivity index (χ4n) is 10.3. The van der Waals surface area contributed by atoms with Gasteiger partial charge >= 0.3 is 11.9 Å². The number of hydrogen-bond donors (Lipinski definition) is 4. The molecule has 2 saturated carbocycles. The summed E-state index contributed by atoms with van der Waals surface area (Å²) in [6.45, 7) is 37.2. The second-order valence-corrected chi connectivity index (χ2v) is 28.3. The predicted molar refractivity (Wildman–Crippen MR) is 323 cm³/mol. The Morgan fingerprint density at radius 3 is 0.873 bits per heavy atom. The molecule has 12 heteroatoms. The molecule has 12 nitrogen and oxygen atoms in total. The molecule has 428 valence electrons. The molecule has 0 aromatic heterocycles. The fraction of sp³-hybridized carbons (Fsp3) is 0.552. The Bertz CT molecular complexity index is 2790. The number of aliphatic imine (C=N–C) groups is 4. The molecule has 4 N–H and O–H groups in total. The van der Waals surface area contributed by atoms with Crippen LogP contribution in [0.5, 0.6) is 34.5 Å². The zero-order valence-electron chi connectivity index (χ0n) is 50.8. The highest BCUT2D eigenvalue weighted by Crippen LogP contribution is 2.42. The van der Waals surface area contributed by atoms with Gasteiger partial charge in [-0.2, -0.15) is 0 Å². The molecular weight excluding hydrogens is 989 g/mol. The number of nitrogens with zero attached hydrogens (tertiary/aromatic N) is 4. The number of hydrogen-bond acceptors (Lipinski definition) is 12. The van der Waals surface area contributed by atoms with Crippen LogP contribution in [0, 0.1) is 0 Å². The average molecular weight is 1080 g/mol. The molecule has 2 fully saturated rings. The summed E-state index contributed by atoms with van der Waals surface area (Å²) in [5.74, 6) is -0.968. The molecule has 0 spiro atoms. The van der Waals surface area contributed by atoms with Crippen molar-refractivity contribution in [2.45, 2.75) is 239 Å². The van der Waals surface area contributed by atoms with Crippen molar-refractivity contribution in [3.05, 3.63) is 104 Å². The molecule has 0 saturated heterocycles. The maximum atomic E-state index is 13.6. The average Bonchev–Trinajstić information content (AvgIpc) is 3.39. The largest absolute Gasteiger partial charge is 0.507 e. The van der Waals surface area contributed by atoms with Crippen LogP contribution in [0.4, 0.5) is 0 Å². The molecule has 6 rings (SSSR count). The van der Waals surface area contributed by atoms with Crippen LogP contribution in [0.1, 0.15) is 238 Å². The van der Waals surface area contributed by atoms with Crippen molar-refractivity contribution in [1.29, 1.82) is 0 Å². The Hall–Kier alpha value is -6.30. The molecule has 4 atom stereocenters. The van der Waals surface area contributed by atoms with Crippen LogP contribution in [0.3, 0.4) is 0 Å². The third kappa shape index (κ3) is 16.0. The topological polar surface area (TPSA) is 183 Å². The zero-order valence-corrected chi connectivity index (χ0v) is 50.8. The summed E-state index contributed by atoms with van der Waals surface area (Å²) in [6.07, 6.45) is 13.2. The number of esters is 2. The summed E-state index contributed by atoms with van der Waals surface area (Å²) >= 11 is 0. The van der Waals surface area contributed by atoms with Crippen LogP contribution in [0.25, 0.3) is 0 Å². The van der Waals surface area contributed by atoms with Gasteiger partial charge in [-0.15, -0.1) is 0 Å². The van der Waals surface area contributed by atoms with E-state index in [1.54, 1.807) is 49.1 Å². The number of phenols is 4. The summed E-state index contributed by atoms with van der Waals surface area (Å²) in [7, 11) is 0. The van der Waals surface area contributed by atoms with Gasteiger partial charge in [-0.1, -0.05) is 162 Å². The number of aromatic hydroxyl groups is 4. The van der Waals surface area contributed by atoms with E-state index in [0.29, 0.717) is 33.4 Å². The first kappa shape index (κ1) is 61.9. The fourth-order valence-corrected chi connectivity index (χ4v) is 10.3. The van der Waals surface area contributed by atoms with E-state index in [1.807, 2.05) is 53.7 Å². The minimum Gasteiger partial charge on any atom is -0.507 e. The van der Waals surface area contributed by atoms with Crippen LogP contribution in [-0.2, 0) is 42.1 Å². The SMILES string of the molecule is CC(C)(C)c1cc(C=N[C@H]2CCCC[C@@H]2N=Cc2cc(OC(=O)CC(=O)Oc3cc(C=N[C@H]4CCCC[C@@H]4N=Cc4cc(C(C)(C)C)cc(C(C)(C)C)c4O)c(O)c(C(C)(C)C)c3)cc(C(C)(C)C)c2O)c(O)c(C(C)(C)C)c1. The Morgan fingerprint density at radius 2 is 0.633 bits per heavy atom. The van der Waals surface area contributed by atoms with Gasteiger partial charge in [0, 0.05) is 69.4 Å². The normalized spacial score (nSPS) is 19.3. The third-order valence-corrected chi connectivity index (χ3v) is 15.2. The number of carbonyl (C=O) groups excluding carboxylic acids is 2. The maximum Gasteiger partial charge on any atom is 0.322 e. The van der Waals surface area contributed by atoms with Gasteiger partial charge in [-0.05, 0) is 106 Å². The monoisotopic (exact) mass is 1080 g/mol. The van der Waals surface area contributed by atoms with E-state index >= 15 is 0 Å². The van der Waals surface area contributed by atoms with Crippen molar-refractivity contribution in [2.24, 2.45) is 20.0 Å². The van der Waals surface area contributed by atoms with Crippen LogP contribution >= 0.6 is 0 Å². The summed E-state index contributed by atoms with van der Waals surface area (Å²) in [4.78, 5) is 47.2. The summed E-state index contributed by atoms with van der Waals surface area (Å²) in [5.41, 5.74) is 5.14. The van der Waals surface area contributed by atoms with Gasteiger partial charge in [-0.3, -0.25) is 29.6 Å². The maximum absolute atomic E-state index is 13.6. The standard InChI is InChI=1S/C67H92N4O8/c1-62(2,3)44-27-40(58(74)48(31-44)64(7,8)9)36-68-52-23-19-21-25-54(52)70-38-42-29-46(33-50(60(42)76)66(13,14)15)78-56(72)35-57(73)79-47-30-43(61(77)51(34-47)67(16,17)18)39-71-55-26-22-20-24-53(55)69-37-41-28-45(63(4,5)6)32-49(59(41)75)65(10,11)12/h27-34,36-39,52-55,74-77H,19-26,35H2,1-18H3/t52-,53-,54-,55-/m0/s1. The number of carbonyl (C=O) groups is 2. The molecule has 4 aromatic carbocycles. The van der Waals surface area contributed by atoms with Crippen molar-refractivity contribution < 1.29 is 39.5 Å². The number of benzene rings is 4. The molecule has 0 amide bonds. The van der Waals surface area contributed by atoms with Crippen molar-refractivity contribution >= 4 is 36.8 Å². The summed E-state index contributed by atoms with van der Waals surface area (Å²) in [5, 5.41) is 46.2. The van der Waals surface area contributed by atoms with Gasteiger partial charge in [0.25, 0.3) is 0 Å². The summed E-state index contributed by atoms with van der Waals surface area (Å²) < 4.78 is 11.6. The van der Waals surface area contributed by atoms with Crippen molar-refractivity contribution in [1.82, 2.24) is 0 Å². The van der Waals surface area contributed by atoms with E-state index in [0.717, 1.165) is 73.6 Å². The van der Waals surface area contributed by atoms with Gasteiger partial charge in [-0.25, -0.2) is 0 Å². The molecule has 4 aromatic rings. The van der Waals surface area contributed by atoms with Crippen LogP contribution in [-0.4, -0.2) is 81.4 Å². The zero-order chi connectivity index (χ0) is 58.8.